The lowest BCUT2D eigenvalue weighted by atomic mass is 10.2. The van der Waals surface area contributed by atoms with Crippen LogP contribution in [0.2, 0.25) is 0 Å². The van der Waals surface area contributed by atoms with Crippen molar-refractivity contribution in [3.8, 4) is 0 Å². The number of nitrogens with zero attached hydrogens (tertiary/aromatic N) is 4. The van der Waals surface area contributed by atoms with Gasteiger partial charge in [-0.1, -0.05) is 27.7 Å². The zero-order valence-electron chi connectivity index (χ0n) is 23.6. The molecule has 10 heteroatoms. The molecule has 0 saturated heterocycles. The molecular weight excluding hydrogens is 430 g/mol. The lowest BCUT2D eigenvalue weighted by molar-refractivity contribution is -0.132. The minimum Gasteiger partial charge on any atom is -0.309 e. The Kier molecular flexibility index (Phi) is 19.8. The summed E-state index contributed by atoms with van der Waals surface area (Å²) in [7, 11) is 8.18. The lowest BCUT2D eigenvalue weighted by Crippen LogP contribution is -2.75. The lowest BCUT2D eigenvalue weighted by Gasteiger charge is -2.36. The van der Waals surface area contributed by atoms with E-state index in [1.807, 2.05) is 14.1 Å². The van der Waals surface area contributed by atoms with Crippen LogP contribution >= 0.6 is 0 Å². The Hall–Kier alpha value is -0.850. The Bertz CT molecular complexity index is 485. The van der Waals surface area contributed by atoms with Crippen LogP contribution in [-0.4, -0.2) is 138 Å². The van der Waals surface area contributed by atoms with Gasteiger partial charge < -0.3 is 19.6 Å². The van der Waals surface area contributed by atoms with E-state index in [1.54, 1.807) is 0 Å². The molecule has 0 saturated carbocycles. The molecule has 1 amide bonds. The predicted molar refractivity (Wildman–Crippen MR) is 145 cm³/mol. The van der Waals surface area contributed by atoms with Gasteiger partial charge in [-0.3, -0.25) is 26.2 Å². The summed E-state index contributed by atoms with van der Waals surface area (Å²) in [6, 6.07) is 0. The summed E-state index contributed by atoms with van der Waals surface area (Å²) in [6.45, 7) is 19.4. The summed E-state index contributed by atoms with van der Waals surface area (Å²) < 4.78 is 0. The maximum Gasteiger partial charge on any atom is 0.284 e. The molecule has 0 fully saturated rings. The molecule has 0 aliphatic rings. The Morgan fingerprint density at radius 1 is 0.618 bits per heavy atom. The molecule has 0 aromatic heterocycles. The molecule has 204 valence electrons. The van der Waals surface area contributed by atoms with E-state index in [9.17, 15) is 4.79 Å². The van der Waals surface area contributed by atoms with Gasteiger partial charge in [-0.05, 0) is 93.4 Å². The van der Waals surface area contributed by atoms with Gasteiger partial charge in [0.1, 0.15) is 0 Å². The monoisotopic (exact) mass is 487 g/mol. The Morgan fingerprint density at radius 2 is 1.09 bits per heavy atom. The summed E-state index contributed by atoms with van der Waals surface area (Å²) >= 11 is 0. The number of carbonyl (C=O) groups excluding carboxylic acids is 1. The normalized spacial score (nSPS) is 13.9. The highest BCUT2D eigenvalue weighted by atomic mass is 16.2. The van der Waals surface area contributed by atoms with Crippen molar-refractivity contribution in [3.05, 3.63) is 0 Å². The van der Waals surface area contributed by atoms with Crippen LogP contribution in [0.5, 0.6) is 0 Å². The van der Waals surface area contributed by atoms with E-state index < -0.39 is 5.79 Å². The summed E-state index contributed by atoms with van der Waals surface area (Å²) in [5.74, 6) is -1.16. The van der Waals surface area contributed by atoms with Gasteiger partial charge in [0.15, 0.2) is 0 Å². The van der Waals surface area contributed by atoms with Crippen LogP contribution in [0.15, 0.2) is 0 Å². The predicted octanol–water partition coefficient (Wildman–Crippen LogP) is -0.383. The molecule has 1 atom stereocenters. The van der Waals surface area contributed by atoms with Crippen molar-refractivity contribution >= 4 is 5.91 Å². The number of amides is 1. The number of carbonyl (C=O) groups is 1. The van der Waals surface area contributed by atoms with Crippen molar-refractivity contribution in [2.24, 2.45) is 0 Å². The van der Waals surface area contributed by atoms with E-state index in [0.717, 1.165) is 78.3 Å². The van der Waals surface area contributed by atoms with Gasteiger partial charge in [0.2, 0.25) is 5.79 Å². The average molecular weight is 488 g/mol. The molecule has 0 aliphatic heterocycles. The summed E-state index contributed by atoms with van der Waals surface area (Å²) in [4.78, 5) is 22.5. The van der Waals surface area contributed by atoms with E-state index in [-0.39, 0.29) is 5.91 Å². The highest BCUT2D eigenvalue weighted by Gasteiger charge is 2.37. The second-order valence-electron chi connectivity index (χ2n) is 9.28. The van der Waals surface area contributed by atoms with Crippen molar-refractivity contribution < 1.29 is 4.79 Å². The highest BCUT2D eigenvalue weighted by Crippen LogP contribution is 2.00. The van der Waals surface area contributed by atoms with Crippen LogP contribution in [0, 0.1) is 0 Å². The average Bonchev–Trinajstić information content (AvgIpc) is 2.81. The molecule has 0 bridgehead atoms. The molecule has 0 spiro atoms. The van der Waals surface area contributed by atoms with E-state index >= 15 is 0 Å². The molecule has 0 radical (unpaired) electrons. The molecule has 34 heavy (non-hydrogen) atoms. The standard InChI is InChI=1S/C24H57N9O/c1-9-32(10-2)20-14-16-26-24(25-15-13-19-30(5)6,27-17-22-33(11-3)12-4)23(34)29-28-18-21-31(7)8/h25-28H,9-22H2,1-8H3,(H,29,34). The van der Waals surface area contributed by atoms with Crippen molar-refractivity contribution in [2.45, 2.75) is 46.3 Å². The van der Waals surface area contributed by atoms with Crippen LogP contribution in [0.25, 0.3) is 0 Å². The van der Waals surface area contributed by atoms with Gasteiger partial charge in [-0.15, -0.1) is 0 Å². The molecular formula is C24H57N9O. The fourth-order valence-electron chi connectivity index (χ4n) is 3.68. The smallest absolute Gasteiger partial charge is 0.284 e. The Labute approximate surface area is 210 Å². The van der Waals surface area contributed by atoms with Crippen molar-refractivity contribution in [3.63, 3.8) is 0 Å². The van der Waals surface area contributed by atoms with Crippen LogP contribution in [0.3, 0.4) is 0 Å². The first-order valence-electron chi connectivity index (χ1n) is 13.3. The van der Waals surface area contributed by atoms with Crippen molar-refractivity contribution in [1.82, 2.24) is 46.4 Å². The van der Waals surface area contributed by atoms with Gasteiger partial charge in [0.25, 0.3) is 5.91 Å². The van der Waals surface area contributed by atoms with Crippen molar-refractivity contribution in [2.75, 3.05) is 107 Å². The molecule has 10 nitrogen and oxygen atoms in total. The second-order valence-corrected chi connectivity index (χ2v) is 9.28. The quantitative estimate of drug-likeness (QED) is 0.0751. The maximum atomic E-state index is 13.5. The van der Waals surface area contributed by atoms with E-state index in [4.69, 9.17) is 0 Å². The van der Waals surface area contributed by atoms with Gasteiger partial charge >= 0.3 is 0 Å². The van der Waals surface area contributed by atoms with E-state index in [2.05, 4.69) is 88.2 Å². The number of hydrogen-bond acceptors (Lipinski definition) is 9. The number of hydrazine groups is 1. The number of likely N-dealkylation sites (N-methyl/N-ethyl adjacent to an activating group) is 2. The van der Waals surface area contributed by atoms with E-state index in [1.165, 1.54) is 0 Å². The topological polar surface area (TPSA) is 90.2 Å². The number of nitrogens with one attached hydrogen (secondary N) is 5. The van der Waals surface area contributed by atoms with Gasteiger partial charge in [0, 0.05) is 26.2 Å². The Balaban J connectivity index is 5.33. The molecule has 0 rings (SSSR count). The van der Waals surface area contributed by atoms with E-state index in [0.29, 0.717) is 13.1 Å². The number of hydrogen-bond donors (Lipinski definition) is 5. The highest BCUT2D eigenvalue weighted by molar-refractivity contribution is 5.85. The minimum absolute atomic E-state index is 0.126. The largest absolute Gasteiger partial charge is 0.309 e. The molecule has 1 unspecified atom stereocenters. The first kappa shape index (κ1) is 33.1. The third-order valence-electron chi connectivity index (χ3n) is 6.05. The van der Waals surface area contributed by atoms with Crippen LogP contribution in [0.1, 0.15) is 40.5 Å². The molecule has 0 aromatic carbocycles. The van der Waals surface area contributed by atoms with Crippen LogP contribution in [0.4, 0.5) is 0 Å². The maximum absolute atomic E-state index is 13.5. The molecule has 0 heterocycles. The summed E-state index contributed by atoms with van der Waals surface area (Å²) in [5.41, 5.74) is 6.02. The Morgan fingerprint density at radius 3 is 1.59 bits per heavy atom. The van der Waals surface area contributed by atoms with Crippen LogP contribution in [-0.2, 0) is 4.79 Å². The molecule has 5 N–H and O–H groups in total. The number of rotatable bonds is 23. The fourth-order valence-corrected chi connectivity index (χ4v) is 3.68. The fraction of sp³-hybridized carbons (Fsp3) is 0.958. The van der Waals surface area contributed by atoms with Crippen LogP contribution < -0.4 is 26.8 Å². The molecule has 0 aliphatic carbocycles. The summed E-state index contributed by atoms with van der Waals surface area (Å²) in [6.07, 6.45) is 1.93. The van der Waals surface area contributed by atoms with Crippen molar-refractivity contribution in [1.29, 1.82) is 0 Å². The zero-order valence-corrected chi connectivity index (χ0v) is 23.6. The zero-order chi connectivity index (χ0) is 25.8. The van der Waals surface area contributed by atoms with Gasteiger partial charge in [-0.25, -0.2) is 5.43 Å². The SMILES string of the molecule is CCN(CC)CCCNC(NCCCN(C)C)(NCCN(CC)CC)C(=O)NNCCN(C)C. The van der Waals surface area contributed by atoms with Gasteiger partial charge in [-0.2, -0.15) is 0 Å². The third-order valence-corrected chi connectivity index (χ3v) is 6.05. The first-order chi connectivity index (χ1) is 16.2. The first-order valence-corrected chi connectivity index (χ1v) is 13.3. The van der Waals surface area contributed by atoms with Gasteiger partial charge in [0.05, 0.1) is 0 Å². The second kappa shape index (κ2) is 20.4. The third kappa shape index (κ3) is 15.2. The minimum atomic E-state index is -1.03. The molecule has 0 aromatic rings. The summed E-state index contributed by atoms with van der Waals surface area (Å²) in [5, 5.41) is 10.6.